The molecule has 0 saturated heterocycles. The monoisotopic (exact) mass is 365 g/mol. The molecule has 0 unspecified atom stereocenters. The maximum absolute atomic E-state index is 9.17. The van der Waals surface area contributed by atoms with Crippen LogP contribution in [-0.4, -0.2) is 29.5 Å². The minimum atomic E-state index is 0.639. The molecule has 3 nitrogen and oxygen atoms in total. The molecule has 0 saturated carbocycles. The molecule has 0 amide bonds. The van der Waals surface area contributed by atoms with Gasteiger partial charge in [0.25, 0.3) is 0 Å². The second kappa shape index (κ2) is 12.1. The van der Waals surface area contributed by atoms with E-state index in [1.807, 2.05) is 48.5 Å². The van der Waals surface area contributed by atoms with Crippen molar-refractivity contribution in [2.45, 2.75) is 32.6 Å². The number of carbonyl (C=O) groups is 1. The van der Waals surface area contributed by atoms with E-state index in [0.29, 0.717) is 6.42 Å². The van der Waals surface area contributed by atoms with Crippen LogP contribution >= 0.6 is 24.0 Å². The fraction of sp³-hybridized carbons (Fsp3) is 0.474. The third-order valence-corrected chi connectivity index (χ3v) is 4.62. The number of aryl methyl sites for hydroxylation is 1. The summed E-state index contributed by atoms with van der Waals surface area (Å²) in [6.45, 7) is 2.58. The molecule has 0 spiro atoms. The summed E-state index contributed by atoms with van der Waals surface area (Å²) in [5.74, 6) is 2.15. The molecule has 2 aromatic rings. The molecule has 0 radical (unpaired) electrons. The third-order valence-electron chi connectivity index (χ3n) is 3.53. The van der Waals surface area contributed by atoms with E-state index in [4.69, 9.17) is 17.0 Å². The number of pyridine rings is 1. The number of para-hydroxylation sites is 1. The molecule has 1 heterocycles. The Morgan fingerprint density at radius 1 is 1.25 bits per heavy atom. The van der Waals surface area contributed by atoms with Gasteiger partial charge in [-0.25, -0.2) is 0 Å². The minimum absolute atomic E-state index is 0.639. The quantitative estimate of drug-likeness (QED) is 0.355. The number of nitrogens with zero attached hydrogens (tertiary/aromatic N) is 1. The van der Waals surface area contributed by atoms with Crippen LogP contribution in [0.5, 0.6) is 5.75 Å². The number of rotatable bonds is 8. The van der Waals surface area contributed by atoms with Gasteiger partial charge in [-0.2, -0.15) is 11.8 Å². The highest BCUT2D eigenvalue weighted by atomic mass is 32.2. The van der Waals surface area contributed by atoms with Crippen LogP contribution in [0.1, 0.15) is 32.6 Å². The summed E-state index contributed by atoms with van der Waals surface area (Å²) in [6, 6.07) is 10.2. The molecule has 0 atom stereocenters. The first-order valence-electron chi connectivity index (χ1n) is 8.29. The Labute approximate surface area is 154 Å². The van der Waals surface area contributed by atoms with Crippen LogP contribution in [0.25, 0.3) is 10.9 Å². The van der Waals surface area contributed by atoms with Crippen molar-refractivity contribution in [1.29, 1.82) is 0 Å². The summed E-state index contributed by atoms with van der Waals surface area (Å²) in [5.41, 5.74) is 1.12. The van der Waals surface area contributed by atoms with E-state index in [1.165, 1.54) is 18.6 Å². The van der Waals surface area contributed by atoms with Gasteiger partial charge >= 0.3 is 0 Å². The van der Waals surface area contributed by atoms with Crippen LogP contribution in [0.4, 0.5) is 0 Å². The van der Waals surface area contributed by atoms with E-state index in [0.717, 1.165) is 40.6 Å². The Kier molecular flexibility index (Phi) is 10.4. The Morgan fingerprint density at radius 2 is 1.96 bits per heavy atom. The Bertz CT molecular complexity index is 683. The number of hydrogen-bond donors (Lipinski definition) is 0. The number of aromatic nitrogens is 1. The van der Waals surface area contributed by atoms with Gasteiger partial charge < -0.3 is 14.1 Å². The maximum atomic E-state index is 9.17. The maximum Gasteiger partial charge on any atom is 0.131 e. The normalized spacial score (nSPS) is 10.1. The molecule has 0 bridgehead atoms. The molecule has 0 aliphatic rings. The molecule has 24 heavy (non-hydrogen) atoms. The van der Waals surface area contributed by atoms with Crippen LogP contribution in [0.2, 0.25) is 0 Å². The number of fused-ring (bicyclic) bond motifs is 1. The van der Waals surface area contributed by atoms with Crippen molar-refractivity contribution in [1.82, 2.24) is 4.57 Å². The van der Waals surface area contributed by atoms with Crippen LogP contribution < -0.4 is 4.74 Å². The first kappa shape index (κ1) is 20.7. The number of ether oxygens (including phenoxy) is 1. The fourth-order valence-corrected chi connectivity index (χ4v) is 2.90. The van der Waals surface area contributed by atoms with E-state index in [9.17, 15) is 4.79 Å². The summed E-state index contributed by atoms with van der Waals surface area (Å²) in [7, 11) is 2.00. The molecular weight excluding hydrogens is 338 g/mol. The second-order valence-corrected chi connectivity index (χ2v) is 6.80. The summed E-state index contributed by atoms with van der Waals surface area (Å²) in [4.78, 5) is 9.17. The fourth-order valence-electron chi connectivity index (χ4n) is 2.21. The number of aldehydes is 1. The Morgan fingerprint density at radius 3 is 2.62 bits per heavy atom. The van der Waals surface area contributed by atoms with Crippen LogP contribution in [0, 0.1) is 4.64 Å². The lowest BCUT2D eigenvalue weighted by Gasteiger charge is -2.12. The summed E-state index contributed by atoms with van der Waals surface area (Å²) in [5, 5.41) is 1.13. The van der Waals surface area contributed by atoms with E-state index in [1.54, 1.807) is 0 Å². The largest absolute Gasteiger partial charge is 0.493 e. The van der Waals surface area contributed by atoms with Gasteiger partial charge in [-0.1, -0.05) is 31.3 Å². The summed E-state index contributed by atoms with van der Waals surface area (Å²) >= 11 is 7.29. The summed E-state index contributed by atoms with van der Waals surface area (Å²) < 4.78 is 8.78. The van der Waals surface area contributed by atoms with Crippen molar-refractivity contribution in [2.75, 3.05) is 18.6 Å². The lowest BCUT2D eigenvalue weighted by atomic mass is 10.2. The van der Waals surface area contributed by atoms with Crippen molar-refractivity contribution < 1.29 is 9.53 Å². The van der Waals surface area contributed by atoms with Crippen LogP contribution in [0.3, 0.4) is 0 Å². The van der Waals surface area contributed by atoms with Crippen molar-refractivity contribution in [2.24, 2.45) is 7.05 Å². The van der Waals surface area contributed by atoms with Gasteiger partial charge in [0.1, 0.15) is 16.7 Å². The highest BCUT2D eigenvalue weighted by molar-refractivity contribution is 7.98. The number of thioether (sulfide) groups is 1. The van der Waals surface area contributed by atoms with Crippen molar-refractivity contribution in [3.8, 4) is 5.75 Å². The van der Waals surface area contributed by atoms with Gasteiger partial charge in [-0.05, 0) is 43.4 Å². The molecule has 1 aromatic carbocycles. The highest BCUT2D eigenvalue weighted by Gasteiger charge is 2.05. The zero-order valence-corrected chi connectivity index (χ0v) is 16.4. The molecule has 0 N–H and O–H groups in total. The van der Waals surface area contributed by atoms with Gasteiger partial charge in [-0.15, -0.1) is 0 Å². The van der Waals surface area contributed by atoms with Gasteiger partial charge in [0, 0.05) is 24.9 Å². The first-order valence-corrected chi connectivity index (χ1v) is 10.1. The second-order valence-electron chi connectivity index (χ2n) is 5.40. The average molecular weight is 366 g/mol. The topological polar surface area (TPSA) is 31.2 Å². The first-order chi connectivity index (χ1) is 11.7. The van der Waals surface area contributed by atoms with Gasteiger partial charge in [-0.3, -0.25) is 0 Å². The number of benzene rings is 1. The molecule has 1 aromatic heterocycles. The standard InChI is InChI=1S/C16H21NOS2.C3H6O/c1-17-14-9-5-4-8-13(14)15(12-16(17)19)18-10-6-3-7-11-20-2;1-2-3-4/h4-5,8-9,12H,3,6-7,10-11H2,1-2H3;3H,2H2,1H3. The Hall–Kier alpha value is -1.33. The summed E-state index contributed by atoms with van der Waals surface area (Å²) in [6.07, 6.45) is 7.25. The minimum Gasteiger partial charge on any atom is -0.493 e. The molecular formula is C19H27NO2S2. The van der Waals surface area contributed by atoms with E-state index in [-0.39, 0.29) is 0 Å². The van der Waals surface area contributed by atoms with Crippen LogP contribution in [-0.2, 0) is 11.8 Å². The molecule has 0 fully saturated rings. The number of unbranched alkanes of at least 4 members (excludes halogenated alkanes) is 2. The molecule has 132 valence electrons. The zero-order chi connectivity index (χ0) is 17.8. The number of hydrogen-bond acceptors (Lipinski definition) is 4. The molecule has 0 aliphatic heterocycles. The van der Waals surface area contributed by atoms with Crippen molar-refractivity contribution in [3.05, 3.63) is 35.0 Å². The van der Waals surface area contributed by atoms with Crippen molar-refractivity contribution in [3.63, 3.8) is 0 Å². The molecule has 2 rings (SSSR count). The van der Waals surface area contributed by atoms with Gasteiger partial charge in [0.2, 0.25) is 0 Å². The van der Waals surface area contributed by atoms with Crippen LogP contribution in [0.15, 0.2) is 30.3 Å². The van der Waals surface area contributed by atoms with E-state index >= 15 is 0 Å². The average Bonchev–Trinajstić information content (AvgIpc) is 2.62. The predicted molar refractivity (Wildman–Crippen MR) is 108 cm³/mol. The predicted octanol–water partition coefficient (Wildman–Crippen LogP) is 5.42. The zero-order valence-electron chi connectivity index (χ0n) is 14.8. The van der Waals surface area contributed by atoms with E-state index < -0.39 is 0 Å². The smallest absolute Gasteiger partial charge is 0.131 e. The highest BCUT2D eigenvalue weighted by Crippen LogP contribution is 2.26. The molecule has 0 aliphatic carbocycles. The SMILES string of the molecule is CCC=O.CSCCCCCOc1cc(=S)n(C)c2ccccc12. The lowest BCUT2D eigenvalue weighted by Crippen LogP contribution is -2.01. The van der Waals surface area contributed by atoms with Gasteiger partial charge in [0.05, 0.1) is 12.1 Å². The van der Waals surface area contributed by atoms with Crippen molar-refractivity contribution >= 4 is 41.2 Å². The van der Waals surface area contributed by atoms with E-state index in [2.05, 4.69) is 18.4 Å². The third kappa shape index (κ3) is 6.65. The van der Waals surface area contributed by atoms with Gasteiger partial charge in [0.15, 0.2) is 0 Å². The number of carbonyl (C=O) groups excluding carboxylic acids is 1. The molecule has 5 heteroatoms. The lowest BCUT2D eigenvalue weighted by molar-refractivity contribution is -0.107. The Balaban J connectivity index is 0.000000648.